The standard InChI is InChI=1S/C41H28.C6H12.C2H6.CH3N/c1-27-14-16-30(17-15-27)34-24-22-29-8-2-3-9-33(29)41(34)31-20-18-28(19-21-31)32-23-25-39-37-12-5-4-10-35(37)36-11-6-7-13-38(36)40(39)26-32;1-4-5-6(2)3;2*1-2/h2-26H,1H3;4-6H,1-3H3;1-2H3;2H,1H2/b;5-4-;;. The molecule has 0 saturated carbocycles. The van der Waals surface area contributed by atoms with E-state index < -0.39 is 0 Å². The number of hydrogen-bond acceptors (Lipinski definition) is 1. The van der Waals surface area contributed by atoms with Gasteiger partial charge >= 0.3 is 0 Å². The third-order valence-electron chi connectivity index (χ3n) is 9.12. The summed E-state index contributed by atoms with van der Waals surface area (Å²) < 4.78 is 0. The Morgan fingerprint density at radius 1 is 0.471 bits per heavy atom. The maximum atomic E-state index is 5.50. The van der Waals surface area contributed by atoms with E-state index in [1.165, 1.54) is 82.0 Å². The fraction of sp³-hybridized carbons (Fsp3) is 0.140. The van der Waals surface area contributed by atoms with Crippen LogP contribution in [-0.4, -0.2) is 6.72 Å². The van der Waals surface area contributed by atoms with Crippen molar-refractivity contribution in [3.05, 3.63) is 169 Å². The van der Waals surface area contributed by atoms with Crippen molar-refractivity contribution in [1.29, 1.82) is 5.41 Å². The van der Waals surface area contributed by atoms with Crippen molar-refractivity contribution in [2.24, 2.45) is 5.92 Å². The van der Waals surface area contributed by atoms with Gasteiger partial charge in [-0.1, -0.05) is 191 Å². The molecule has 51 heavy (non-hydrogen) atoms. The number of fused-ring (bicyclic) bond motifs is 7. The highest BCUT2D eigenvalue weighted by atomic mass is 14.2. The molecule has 8 aromatic carbocycles. The molecule has 0 aromatic heterocycles. The van der Waals surface area contributed by atoms with Crippen molar-refractivity contribution in [2.45, 2.75) is 41.5 Å². The zero-order valence-electron chi connectivity index (χ0n) is 30.9. The molecule has 0 amide bonds. The maximum Gasteiger partial charge on any atom is -0.00268 e. The number of benzene rings is 8. The van der Waals surface area contributed by atoms with Gasteiger partial charge < -0.3 is 5.41 Å². The molecule has 254 valence electrons. The van der Waals surface area contributed by atoms with E-state index in [1.807, 2.05) is 20.8 Å². The molecule has 0 aliphatic carbocycles. The molecule has 0 aliphatic heterocycles. The zero-order valence-corrected chi connectivity index (χ0v) is 30.9. The van der Waals surface area contributed by atoms with Crippen molar-refractivity contribution in [3.63, 3.8) is 0 Å². The van der Waals surface area contributed by atoms with Crippen LogP contribution >= 0.6 is 0 Å². The molecule has 0 radical (unpaired) electrons. The van der Waals surface area contributed by atoms with Crippen LogP contribution in [0.1, 0.15) is 40.2 Å². The summed E-state index contributed by atoms with van der Waals surface area (Å²) in [4.78, 5) is 0. The van der Waals surface area contributed by atoms with Gasteiger partial charge in [-0.3, -0.25) is 0 Å². The van der Waals surface area contributed by atoms with E-state index in [2.05, 4.69) is 191 Å². The predicted molar refractivity (Wildman–Crippen MR) is 228 cm³/mol. The second-order valence-corrected chi connectivity index (χ2v) is 12.8. The Labute approximate surface area is 304 Å². The summed E-state index contributed by atoms with van der Waals surface area (Å²) in [6.07, 6.45) is 4.24. The van der Waals surface area contributed by atoms with E-state index >= 15 is 0 Å². The highest BCUT2D eigenvalue weighted by Gasteiger charge is 2.13. The van der Waals surface area contributed by atoms with E-state index in [1.54, 1.807) is 0 Å². The van der Waals surface area contributed by atoms with Gasteiger partial charge in [-0.15, -0.1) is 0 Å². The lowest BCUT2D eigenvalue weighted by Crippen LogP contribution is -1.89. The molecule has 0 bridgehead atoms. The summed E-state index contributed by atoms with van der Waals surface area (Å²) >= 11 is 0. The first-order valence-corrected chi connectivity index (χ1v) is 18.0. The van der Waals surface area contributed by atoms with Crippen molar-refractivity contribution < 1.29 is 0 Å². The smallest absolute Gasteiger partial charge is 0.00268 e. The molecule has 1 N–H and O–H groups in total. The molecule has 0 saturated heterocycles. The van der Waals surface area contributed by atoms with Crippen LogP contribution in [0.5, 0.6) is 0 Å². The monoisotopic (exact) mass is 663 g/mol. The molecule has 0 heterocycles. The second kappa shape index (κ2) is 17.2. The van der Waals surface area contributed by atoms with Crippen LogP contribution < -0.4 is 0 Å². The van der Waals surface area contributed by atoms with E-state index in [9.17, 15) is 0 Å². The molecule has 1 nitrogen and oxygen atoms in total. The molecule has 0 fully saturated rings. The Kier molecular flexibility index (Phi) is 12.3. The predicted octanol–water partition coefficient (Wildman–Crippen LogP) is 15.1. The topological polar surface area (TPSA) is 23.9 Å². The fourth-order valence-corrected chi connectivity index (χ4v) is 6.86. The fourth-order valence-electron chi connectivity index (χ4n) is 6.86. The quantitative estimate of drug-likeness (QED) is 0.110. The van der Waals surface area contributed by atoms with E-state index in [0.717, 1.165) is 5.92 Å². The van der Waals surface area contributed by atoms with Crippen molar-refractivity contribution in [1.82, 2.24) is 0 Å². The Morgan fingerprint density at radius 3 is 1.45 bits per heavy atom. The molecule has 8 aromatic rings. The molecular weight excluding hydrogens is 615 g/mol. The van der Waals surface area contributed by atoms with Crippen LogP contribution in [-0.2, 0) is 0 Å². The van der Waals surface area contributed by atoms with Crippen molar-refractivity contribution in [2.75, 3.05) is 0 Å². The van der Waals surface area contributed by atoms with Crippen LogP contribution in [0.15, 0.2) is 164 Å². The number of rotatable bonds is 4. The molecule has 0 unspecified atom stereocenters. The van der Waals surface area contributed by atoms with Gasteiger partial charge in [-0.2, -0.15) is 0 Å². The number of nitrogens with one attached hydrogen (secondary N) is 1. The van der Waals surface area contributed by atoms with Crippen LogP contribution in [0.2, 0.25) is 0 Å². The summed E-state index contributed by atoms with van der Waals surface area (Å²) in [5, 5.41) is 15.9. The van der Waals surface area contributed by atoms with E-state index in [-0.39, 0.29) is 0 Å². The van der Waals surface area contributed by atoms with Gasteiger partial charge in [0.15, 0.2) is 0 Å². The number of hydrogen-bond donors (Lipinski definition) is 1. The minimum absolute atomic E-state index is 0.718. The molecule has 1 heteroatoms. The van der Waals surface area contributed by atoms with Crippen LogP contribution in [0.3, 0.4) is 0 Å². The Balaban J connectivity index is 0.000000454. The first-order valence-electron chi connectivity index (χ1n) is 18.0. The van der Waals surface area contributed by atoms with Crippen LogP contribution in [0, 0.1) is 18.3 Å². The summed E-state index contributed by atoms with van der Waals surface area (Å²) in [5.41, 5.74) is 8.77. The number of allylic oxidation sites excluding steroid dienone is 2. The normalized spacial score (nSPS) is 10.8. The molecular formula is C50H49N. The van der Waals surface area contributed by atoms with Gasteiger partial charge in [0.2, 0.25) is 0 Å². The van der Waals surface area contributed by atoms with E-state index in [4.69, 9.17) is 5.41 Å². The van der Waals surface area contributed by atoms with Crippen molar-refractivity contribution in [3.8, 4) is 33.4 Å². The molecule has 0 aliphatic rings. The largest absolute Gasteiger partial charge is 0.317 e. The molecule has 8 rings (SSSR count). The van der Waals surface area contributed by atoms with Crippen molar-refractivity contribution >= 4 is 49.8 Å². The minimum Gasteiger partial charge on any atom is -0.317 e. The molecule has 0 spiro atoms. The molecule has 0 atom stereocenters. The van der Waals surface area contributed by atoms with Crippen LogP contribution in [0.25, 0.3) is 76.5 Å². The van der Waals surface area contributed by atoms with Gasteiger partial charge in [-0.25, -0.2) is 0 Å². The van der Waals surface area contributed by atoms with Gasteiger partial charge in [0, 0.05) is 0 Å². The summed E-state index contributed by atoms with van der Waals surface area (Å²) in [7, 11) is 0. The van der Waals surface area contributed by atoms with Gasteiger partial charge in [0.25, 0.3) is 0 Å². The van der Waals surface area contributed by atoms with Gasteiger partial charge in [-0.05, 0) is 109 Å². The SMILES string of the molecule is C/C=C\C(C)C.C=N.CC.Cc1ccc(-c2ccc3ccccc3c2-c2ccc(-c3ccc4c5ccccc5c5ccccc5c4c3)cc2)cc1. The lowest BCUT2D eigenvalue weighted by molar-refractivity contribution is 0.830. The Hall–Kier alpha value is -5.79. The highest BCUT2D eigenvalue weighted by Crippen LogP contribution is 2.40. The second-order valence-electron chi connectivity index (χ2n) is 12.8. The average Bonchev–Trinajstić information content (AvgIpc) is 3.19. The van der Waals surface area contributed by atoms with Gasteiger partial charge in [0.1, 0.15) is 0 Å². The Bertz CT molecular complexity index is 2360. The third kappa shape index (κ3) is 7.84. The summed E-state index contributed by atoms with van der Waals surface area (Å²) in [6.45, 7) is 15.0. The first kappa shape index (κ1) is 36.5. The van der Waals surface area contributed by atoms with Gasteiger partial charge in [0.05, 0.1) is 0 Å². The average molecular weight is 664 g/mol. The lowest BCUT2D eigenvalue weighted by Gasteiger charge is -2.15. The van der Waals surface area contributed by atoms with E-state index in [0.29, 0.717) is 0 Å². The Morgan fingerprint density at radius 2 is 0.922 bits per heavy atom. The number of aryl methyl sites for hydroxylation is 1. The minimum atomic E-state index is 0.718. The maximum absolute atomic E-state index is 5.50. The summed E-state index contributed by atoms with van der Waals surface area (Å²) in [6, 6.07) is 55.7. The highest BCUT2D eigenvalue weighted by molar-refractivity contribution is 6.25. The van der Waals surface area contributed by atoms with Crippen LogP contribution in [0.4, 0.5) is 0 Å². The lowest BCUT2D eigenvalue weighted by atomic mass is 9.88. The first-order chi connectivity index (χ1) is 25.0. The zero-order chi connectivity index (χ0) is 36.3. The third-order valence-corrected chi connectivity index (χ3v) is 9.12. The summed E-state index contributed by atoms with van der Waals surface area (Å²) in [5.74, 6) is 0.718.